The Bertz CT molecular complexity index is 592. The molecular formula is C17H22N4. The number of anilines is 2. The summed E-state index contributed by atoms with van der Waals surface area (Å²) in [6.07, 6.45) is 1.08. The van der Waals surface area contributed by atoms with Crippen molar-refractivity contribution >= 4 is 11.5 Å². The van der Waals surface area contributed by atoms with Crippen LogP contribution < -0.4 is 10.2 Å². The van der Waals surface area contributed by atoms with E-state index in [-0.39, 0.29) is 0 Å². The summed E-state index contributed by atoms with van der Waals surface area (Å²) in [4.78, 5) is 2.24. The van der Waals surface area contributed by atoms with Gasteiger partial charge < -0.3 is 10.2 Å². The van der Waals surface area contributed by atoms with Crippen molar-refractivity contribution in [1.82, 2.24) is 15.5 Å². The molecule has 1 aromatic heterocycles. The Hall–Kier alpha value is -1.94. The lowest BCUT2D eigenvalue weighted by Gasteiger charge is -2.17. The molecule has 4 nitrogen and oxygen atoms in total. The first-order valence-electron chi connectivity index (χ1n) is 7.63. The van der Waals surface area contributed by atoms with E-state index in [9.17, 15) is 0 Å². The monoisotopic (exact) mass is 282 g/mol. The van der Waals surface area contributed by atoms with E-state index in [2.05, 4.69) is 70.7 Å². The molecule has 0 amide bonds. The highest BCUT2D eigenvalue weighted by Crippen LogP contribution is 2.32. The van der Waals surface area contributed by atoms with Gasteiger partial charge in [0.1, 0.15) is 0 Å². The van der Waals surface area contributed by atoms with E-state index >= 15 is 0 Å². The van der Waals surface area contributed by atoms with Crippen LogP contribution in [0.1, 0.15) is 25.1 Å². The second kappa shape index (κ2) is 6.22. The van der Waals surface area contributed by atoms with Crippen LogP contribution in [0.4, 0.5) is 11.5 Å². The largest absolute Gasteiger partial charge is 0.324 e. The fraction of sp³-hybridized carbons (Fsp3) is 0.412. The molecule has 4 heteroatoms. The summed E-state index contributed by atoms with van der Waals surface area (Å²) in [7, 11) is 0. The lowest BCUT2D eigenvalue weighted by atomic mass is 10.2. The van der Waals surface area contributed by atoms with Crippen LogP contribution in [0.5, 0.6) is 0 Å². The van der Waals surface area contributed by atoms with Crippen LogP contribution in [-0.4, -0.2) is 23.3 Å². The third-order valence-electron chi connectivity index (χ3n) is 3.73. The van der Waals surface area contributed by atoms with Crippen molar-refractivity contribution in [3.8, 4) is 0 Å². The molecule has 0 aliphatic carbocycles. The van der Waals surface area contributed by atoms with Gasteiger partial charge in [-0.3, -0.25) is 0 Å². The Balaban J connectivity index is 1.68. The molecule has 1 aliphatic rings. The molecule has 0 atom stereocenters. The average Bonchev–Trinajstić information content (AvgIpc) is 2.92. The van der Waals surface area contributed by atoms with Crippen LogP contribution in [0.2, 0.25) is 0 Å². The van der Waals surface area contributed by atoms with Gasteiger partial charge in [-0.05, 0) is 42.6 Å². The standard InChI is InChI=1S/C17H22N4/c1-13(2)11-18-12-15-7-8-17(20-19-15)21-10-9-14-5-3-4-6-16(14)21/h3-8,13,18H,9-12H2,1-2H3. The molecule has 0 radical (unpaired) electrons. The Morgan fingerprint density at radius 2 is 2.00 bits per heavy atom. The van der Waals surface area contributed by atoms with Crippen LogP contribution in [0.3, 0.4) is 0 Å². The minimum atomic E-state index is 0.651. The fourth-order valence-corrected chi connectivity index (χ4v) is 2.66. The third-order valence-corrected chi connectivity index (χ3v) is 3.73. The Kier molecular flexibility index (Phi) is 4.15. The zero-order chi connectivity index (χ0) is 14.7. The van der Waals surface area contributed by atoms with Crippen LogP contribution in [0, 0.1) is 5.92 Å². The number of nitrogens with zero attached hydrogens (tertiary/aromatic N) is 3. The lowest BCUT2D eigenvalue weighted by molar-refractivity contribution is 0.546. The molecule has 0 unspecified atom stereocenters. The zero-order valence-electron chi connectivity index (χ0n) is 12.7. The van der Waals surface area contributed by atoms with Gasteiger partial charge in [0, 0.05) is 18.8 Å². The second-order valence-electron chi connectivity index (χ2n) is 5.94. The summed E-state index contributed by atoms with van der Waals surface area (Å²) in [6.45, 7) is 7.17. The maximum absolute atomic E-state index is 4.39. The van der Waals surface area contributed by atoms with Gasteiger partial charge in [0.15, 0.2) is 5.82 Å². The topological polar surface area (TPSA) is 41.0 Å². The summed E-state index contributed by atoms with van der Waals surface area (Å²) in [5, 5.41) is 12.1. The summed E-state index contributed by atoms with van der Waals surface area (Å²) in [6, 6.07) is 12.7. The minimum absolute atomic E-state index is 0.651. The quantitative estimate of drug-likeness (QED) is 0.915. The molecule has 1 aliphatic heterocycles. The SMILES string of the molecule is CC(C)CNCc1ccc(N2CCc3ccccc32)nn1. The Morgan fingerprint density at radius 1 is 1.14 bits per heavy atom. The van der Waals surface area contributed by atoms with Gasteiger partial charge in [0.05, 0.1) is 5.69 Å². The first-order valence-corrected chi connectivity index (χ1v) is 7.63. The average molecular weight is 282 g/mol. The lowest BCUT2D eigenvalue weighted by Crippen LogP contribution is -2.20. The molecule has 0 spiro atoms. The molecule has 2 heterocycles. The third kappa shape index (κ3) is 3.22. The van der Waals surface area contributed by atoms with Crippen LogP contribution in [0.25, 0.3) is 0 Å². The van der Waals surface area contributed by atoms with Gasteiger partial charge in [-0.1, -0.05) is 32.0 Å². The summed E-state index contributed by atoms with van der Waals surface area (Å²) >= 11 is 0. The highest BCUT2D eigenvalue weighted by Gasteiger charge is 2.20. The summed E-state index contributed by atoms with van der Waals surface area (Å²) in [5.74, 6) is 1.59. The second-order valence-corrected chi connectivity index (χ2v) is 5.94. The van der Waals surface area contributed by atoms with E-state index in [0.717, 1.165) is 37.6 Å². The number of fused-ring (bicyclic) bond motifs is 1. The van der Waals surface area contributed by atoms with Gasteiger partial charge in [-0.2, -0.15) is 5.10 Å². The highest BCUT2D eigenvalue weighted by molar-refractivity contribution is 5.67. The molecule has 1 N–H and O–H groups in total. The maximum atomic E-state index is 4.39. The fourth-order valence-electron chi connectivity index (χ4n) is 2.66. The summed E-state index contributed by atoms with van der Waals surface area (Å²) in [5.41, 5.74) is 3.64. The van der Waals surface area contributed by atoms with Gasteiger partial charge in [-0.25, -0.2) is 0 Å². The Labute approximate surface area is 126 Å². The normalized spacial score (nSPS) is 13.8. The van der Waals surface area contributed by atoms with E-state index in [4.69, 9.17) is 0 Å². The number of aromatic nitrogens is 2. The van der Waals surface area contributed by atoms with E-state index in [1.54, 1.807) is 0 Å². The van der Waals surface area contributed by atoms with Crippen molar-refractivity contribution in [2.75, 3.05) is 18.0 Å². The molecule has 0 fully saturated rings. The molecule has 2 aromatic rings. The summed E-state index contributed by atoms with van der Waals surface area (Å²) < 4.78 is 0. The van der Waals surface area contributed by atoms with Gasteiger partial charge in [-0.15, -0.1) is 5.10 Å². The number of hydrogen-bond donors (Lipinski definition) is 1. The molecule has 0 saturated carbocycles. The molecule has 0 saturated heterocycles. The van der Waals surface area contributed by atoms with Crippen molar-refractivity contribution in [2.45, 2.75) is 26.8 Å². The minimum Gasteiger partial charge on any atom is -0.324 e. The first kappa shape index (κ1) is 14.0. The zero-order valence-corrected chi connectivity index (χ0v) is 12.7. The van der Waals surface area contributed by atoms with Crippen molar-refractivity contribution < 1.29 is 0 Å². The highest BCUT2D eigenvalue weighted by atomic mass is 15.3. The number of benzene rings is 1. The van der Waals surface area contributed by atoms with Crippen molar-refractivity contribution in [3.63, 3.8) is 0 Å². The van der Waals surface area contributed by atoms with Crippen molar-refractivity contribution in [2.24, 2.45) is 5.92 Å². The van der Waals surface area contributed by atoms with Gasteiger partial charge in [0.25, 0.3) is 0 Å². The van der Waals surface area contributed by atoms with E-state index in [0.29, 0.717) is 5.92 Å². The van der Waals surface area contributed by atoms with Gasteiger partial charge in [0.2, 0.25) is 0 Å². The van der Waals surface area contributed by atoms with Crippen molar-refractivity contribution in [1.29, 1.82) is 0 Å². The van der Waals surface area contributed by atoms with Crippen LogP contribution in [-0.2, 0) is 13.0 Å². The number of hydrogen-bond acceptors (Lipinski definition) is 4. The molecule has 110 valence electrons. The molecular weight excluding hydrogens is 260 g/mol. The van der Waals surface area contributed by atoms with E-state index < -0.39 is 0 Å². The van der Waals surface area contributed by atoms with Crippen LogP contribution in [0.15, 0.2) is 36.4 Å². The molecule has 3 rings (SSSR count). The molecule has 0 bridgehead atoms. The Morgan fingerprint density at radius 3 is 2.76 bits per heavy atom. The predicted molar refractivity (Wildman–Crippen MR) is 85.7 cm³/mol. The number of rotatable bonds is 5. The first-order chi connectivity index (χ1) is 10.2. The predicted octanol–water partition coefficient (Wildman–Crippen LogP) is 2.92. The van der Waals surface area contributed by atoms with Crippen molar-refractivity contribution in [3.05, 3.63) is 47.7 Å². The molecule has 21 heavy (non-hydrogen) atoms. The van der Waals surface area contributed by atoms with Gasteiger partial charge >= 0.3 is 0 Å². The molecule has 1 aromatic carbocycles. The number of para-hydroxylation sites is 1. The maximum Gasteiger partial charge on any atom is 0.155 e. The van der Waals surface area contributed by atoms with E-state index in [1.807, 2.05) is 0 Å². The number of nitrogens with one attached hydrogen (secondary N) is 1. The van der Waals surface area contributed by atoms with Crippen LogP contribution >= 0.6 is 0 Å². The van der Waals surface area contributed by atoms with E-state index in [1.165, 1.54) is 11.3 Å². The smallest absolute Gasteiger partial charge is 0.155 e.